The largest absolute Gasteiger partial charge is 0.361 e. The molecule has 0 saturated carbocycles. The van der Waals surface area contributed by atoms with Crippen molar-refractivity contribution in [3.63, 3.8) is 0 Å². The second-order valence-corrected chi connectivity index (χ2v) is 8.74. The van der Waals surface area contributed by atoms with E-state index in [-0.39, 0.29) is 11.8 Å². The van der Waals surface area contributed by atoms with Crippen molar-refractivity contribution < 1.29 is 9.53 Å². The van der Waals surface area contributed by atoms with Crippen molar-refractivity contribution in [3.05, 3.63) is 82.6 Å². The van der Waals surface area contributed by atoms with Crippen LogP contribution in [0.15, 0.2) is 65.9 Å². The lowest BCUT2D eigenvalue weighted by Crippen LogP contribution is -2.59. The van der Waals surface area contributed by atoms with Gasteiger partial charge in [0.1, 0.15) is 0 Å². The summed E-state index contributed by atoms with van der Waals surface area (Å²) in [5, 5.41) is 4.27. The van der Waals surface area contributed by atoms with Crippen LogP contribution in [0.2, 0.25) is 0 Å². The number of hydrogen-bond donors (Lipinski definition) is 0. The molecular formula is C23H24N4O2S. The zero-order chi connectivity index (χ0) is 20.4. The van der Waals surface area contributed by atoms with Crippen LogP contribution in [0, 0.1) is 0 Å². The first kappa shape index (κ1) is 19.4. The first-order valence-electron chi connectivity index (χ1n) is 10.2. The molecule has 0 unspecified atom stereocenters. The van der Waals surface area contributed by atoms with Gasteiger partial charge in [-0.15, -0.1) is 0 Å². The van der Waals surface area contributed by atoms with E-state index >= 15 is 0 Å². The zero-order valence-electron chi connectivity index (χ0n) is 16.7. The van der Waals surface area contributed by atoms with E-state index < -0.39 is 5.60 Å². The van der Waals surface area contributed by atoms with Crippen LogP contribution in [0.5, 0.6) is 0 Å². The fourth-order valence-electron chi connectivity index (χ4n) is 4.62. The molecule has 5 rings (SSSR count). The number of carbonyl (C=O) groups excluding carboxylic acids is 1. The van der Waals surface area contributed by atoms with Crippen molar-refractivity contribution in [2.45, 2.75) is 24.6 Å². The smallest absolute Gasteiger partial charge is 0.257 e. The van der Waals surface area contributed by atoms with Crippen LogP contribution < -0.4 is 0 Å². The van der Waals surface area contributed by atoms with Crippen LogP contribution >= 0.6 is 11.3 Å². The van der Waals surface area contributed by atoms with Gasteiger partial charge in [-0.25, -0.2) is 0 Å². The van der Waals surface area contributed by atoms with E-state index in [0.717, 1.165) is 24.2 Å². The Morgan fingerprint density at radius 2 is 2.00 bits per heavy atom. The van der Waals surface area contributed by atoms with Crippen molar-refractivity contribution in [2.24, 2.45) is 0 Å². The molecule has 0 radical (unpaired) electrons. The normalized spacial score (nSPS) is 24.6. The predicted molar refractivity (Wildman–Crippen MR) is 115 cm³/mol. The van der Waals surface area contributed by atoms with Gasteiger partial charge in [0.15, 0.2) is 5.60 Å². The van der Waals surface area contributed by atoms with E-state index in [1.807, 2.05) is 29.3 Å². The molecule has 2 aliphatic rings. The summed E-state index contributed by atoms with van der Waals surface area (Å²) in [6, 6.07) is 10.1. The van der Waals surface area contributed by atoms with Gasteiger partial charge < -0.3 is 9.64 Å². The molecule has 2 fully saturated rings. The third-order valence-corrected chi connectivity index (χ3v) is 6.76. The predicted octanol–water partition coefficient (Wildman–Crippen LogP) is 2.94. The van der Waals surface area contributed by atoms with E-state index in [9.17, 15) is 4.79 Å². The molecule has 3 aromatic heterocycles. The minimum absolute atomic E-state index is 0.0439. The van der Waals surface area contributed by atoms with Crippen LogP contribution in [0.1, 0.15) is 22.6 Å². The molecule has 6 nitrogen and oxygen atoms in total. The summed E-state index contributed by atoms with van der Waals surface area (Å²) >= 11 is 1.70. The Balaban J connectivity index is 1.45. The van der Waals surface area contributed by atoms with Crippen LogP contribution in [0.25, 0.3) is 0 Å². The van der Waals surface area contributed by atoms with Crippen LogP contribution in [0.3, 0.4) is 0 Å². The van der Waals surface area contributed by atoms with Crippen molar-refractivity contribution in [1.82, 2.24) is 19.8 Å². The average Bonchev–Trinajstić information content (AvgIpc) is 3.42. The average molecular weight is 421 g/mol. The Morgan fingerprint density at radius 3 is 2.77 bits per heavy atom. The summed E-state index contributed by atoms with van der Waals surface area (Å²) in [4.78, 5) is 26.5. The molecule has 1 spiro atoms. The Labute approximate surface area is 180 Å². The second-order valence-electron chi connectivity index (χ2n) is 7.96. The maximum atomic E-state index is 13.8. The molecule has 0 aromatic carbocycles. The molecule has 0 N–H and O–H groups in total. The number of aromatic nitrogens is 2. The number of morpholine rings is 1. The van der Waals surface area contributed by atoms with Gasteiger partial charge in [-0.05, 0) is 51.7 Å². The van der Waals surface area contributed by atoms with Gasteiger partial charge in [0.05, 0.1) is 6.61 Å². The van der Waals surface area contributed by atoms with Crippen molar-refractivity contribution in [2.75, 3.05) is 26.2 Å². The number of pyridine rings is 2. The maximum Gasteiger partial charge on any atom is 0.257 e. The third-order valence-electron chi connectivity index (χ3n) is 6.03. The standard InChI is InChI=1S/C23H24N4O2S/c28-22-23(29-10-9-27(22)14-18-3-7-24-8-4-18)17-26(13-19-5-11-30-16-19)15-21(23)20-2-1-6-25-12-20/h1-8,11-12,16,21H,9-10,13-15,17H2/t21-,23+/m0/s1. The van der Waals surface area contributed by atoms with Gasteiger partial charge in [-0.1, -0.05) is 6.07 Å². The van der Waals surface area contributed by atoms with Gasteiger partial charge in [0, 0.05) is 63.4 Å². The van der Waals surface area contributed by atoms with Crippen LogP contribution in [-0.2, 0) is 22.6 Å². The number of thiophene rings is 1. The van der Waals surface area contributed by atoms with Crippen molar-refractivity contribution in [3.8, 4) is 0 Å². The van der Waals surface area contributed by atoms with Crippen molar-refractivity contribution >= 4 is 17.2 Å². The minimum atomic E-state index is -0.871. The molecule has 0 aliphatic carbocycles. The Bertz CT molecular complexity index is 983. The van der Waals surface area contributed by atoms with E-state index in [1.165, 1.54) is 5.56 Å². The molecule has 30 heavy (non-hydrogen) atoms. The first-order chi connectivity index (χ1) is 14.7. The first-order valence-corrected chi connectivity index (χ1v) is 11.1. The van der Waals surface area contributed by atoms with Crippen LogP contribution in [-0.4, -0.2) is 57.5 Å². The topological polar surface area (TPSA) is 58.6 Å². The lowest BCUT2D eigenvalue weighted by atomic mass is 9.83. The molecule has 1 amide bonds. The van der Waals surface area contributed by atoms with Gasteiger partial charge in [0.2, 0.25) is 0 Å². The van der Waals surface area contributed by atoms with Gasteiger partial charge >= 0.3 is 0 Å². The summed E-state index contributed by atoms with van der Waals surface area (Å²) < 4.78 is 6.35. The molecular weight excluding hydrogens is 396 g/mol. The van der Waals surface area contributed by atoms with E-state index in [0.29, 0.717) is 26.2 Å². The molecule has 154 valence electrons. The highest BCUT2D eigenvalue weighted by atomic mass is 32.1. The number of carbonyl (C=O) groups is 1. The lowest BCUT2D eigenvalue weighted by molar-refractivity contribution is -0.173. The zero-order valence-corrected chi connectivity index (χ0v) is 17.5. The van der Waals surface area contributed by atoms with E-state index in [2.05, 4.69) is 37.8 Å². The second kappa shape index (κ2) is 8.26. The molecule has 0 bridgehead atoms. The SMILES string of the molecule is O=C1N(Cc2ccncc2)CCO[C@@]12CN(Cc1ccsc1)C[C@H]2c1cccnc1. The number of hydrogen-bond acceptors (Lipinski definition) is 6. The number of rotatable bonds is 5. The van der Waals surface area contributed by atoms with Crippen LogP contribution in [0.4, 0.5) is 0 Å². The number of ether oxygens (including phenoxy) is 1. The summed E-state index contributed by atoms with van der Waals surface area (Å²) in [5.74, 6) is 0.0322. The highest BCUT2D eigenvalue weighted by Gasteiger charge is 2.56. The van der Waals surface area contributed by atoms with E-state index in [1.54, 1.807) is 29.9 Å². The Kier molecular flexibility index (Phi) is 5.33. The number of amides is 1. The highest BCUT2D eigenvalue weighted by Crippen LogP contribution is 2.42. The molecule has 2 saturated heterocycles. The van der Waals surface area contributed by atoms with Gasteiger partial charge in [-0.3, -0.25) is 19.7 Å². The third kappa shape index (κ3) is 3.64. The number of nitrogens with zero attached hydrogens (tertiary/aromatic N) is 4. The van der Waals surface area contributed by atoms with Crippen molar-refractivity contribution in [1.29, 1.82) is 0 Å². The minimum Gasteiger partial charge on any atom is -0.361 e. The molecule has 2 atom stereocenters. The Hall–Kier alpha value is -2.61. The number of likely N-dealkylation sites (tertiary alicyclic amines) is 1. The summed E-state index contributed by atoms with van der Waals surface area (Å²) in [7, 11) is 0. The van der Waals surface area contributed by atoms with E-state index in [4.69, 9.17) is 4.74 Å². The fourth-order valence-corrected chi connectivity index (χ4v) is 5.28. The summed E-state index contributed by atoms with van der Waals surface area (Å²) in [5.41, 5.74) is 2.55. The Morgan fingerprint density at radius 1 is 1.10 bits per heavy atom. The molecule has 5 heterocycles. The highest BCUT2D eigenvalue weighted by molar-refractivity contribution is 7.07. The molecule has 3 aromatic rings. The van der Waals surface area contributed by atoms with Gasteiger partial charge in [-0.2, -0.15) is 11.3 Å². The molecule has 7 heteroatoms. The maximum absolute atomic E-state index is 13.8. The lowest BCUT2D eigenvalue weighted by Gasteiger charge is -2.42. The fraction of sp³-hybridized carbons (Fsp3) is 0.348. The quantitative estimate of drug-likeness (QED) is 0.635. The monoisotopic (exact) mass is 420 g/mol. The summed E-state index contributed by atoms with van der Waals surface area (Å²) in [6.45, 7) is 3.91. The summed E-state index contributed by atoms with van der Waals surface area (Å²) in [6.07, 6.45) is 7.19. The van der Waals surface area contributed by atoms with Gasteiger partial charge in [0.25, 0.3) is 5.91 Å². The molecule has 2 aliphatic heterocycles.